The zero-order chi connectivity index (χ0) is 13.2. The molecule has 0 saturated carbocycles. The Labute approximate surface area is 114 Å². The summed E-state index contributed by atoms with van der Waals surface area (Å²) in [6, 6.07) is 13.1. The van der Waals surface area contributed by atoms with Crippen molar-refractivity contribution in [3.05, 3.63) is 53.6 Å². The molecule has 1 amide bonds. The molecule has 0 unspecified atom stereocenters. The van der Waals surface area contributed by atoms with Crippen LogP contribution >= 0.6 is 11.7 Å². The van der Waals surface area contributed by atoms with Crippen molar-refractivity contribution in [1.29, 1.82) is 0 Å². The Morgan fingerprint density at radius 1 is 1.11 bits per heavy atom. The van der Waals surface area contributed by atoms with Crippen molar-refractivity contribution >= 4 is 34.4 Å². The first kappa shape index (κ1) is 11.8. The van der Waals surface area contributed by atoms with E-state index in [2.05, 4.69) is 14.1 Å². The van der Waals surface area contributed by atoms with Crippen molar-refractivity contribution in [1.82, 2.24) is 8.75 Å². The van der Waals surface area contributed by atoms with Gasteiger partial charge in [-0.15, -0.1) is 0 Å². The molecular weight excluding hydrogens is 258 g/mol. The van der Waals surface area contributed by atoms with Crippen LogP contribution in [-0.2, 0) is 0 Å². The van der Waals surface area contributed by atoms with Gasteiger partial charge in [-0.05, 0) is 31.2 Å². The van der Waals surface area contributed by atoms with Crippen molar-refractivity contribution in [2.45, 2.75) is 6.92 Å². The van der Waals surface area contributed by atoms with Gasteiger partial charge in [-0.25, -0.2) is 0 Å². The van der Waals surface area contributed by atoms with Crippen molar-refractivity contribution in [2.24, 2.45) is 0 Å². The second-order valence-corrected chi connectivity index (χ2v) is 4.79. The van der Waals surface area contributed by atoms with E-state index in [1.54, 1.807) is 6.07 Å². The molecule has 1 N–H and O–H groups in total. The number of fused-ring (bicyclic) bond motifs is 1. The zero-order valence-electron chi connectivity index (χ0n) is 10.3. The lowest BCUT2D eigenvalue weighted by Gasteiger charge is -2.05. The Hall–Kier alpha value is -2.27. The van der Waals surface area contributed by atoms with Gasteiger partial charge in [0.2, 0.25) is 0 Å². The van der Waals surface area contributed by atoms with Gasteiger partial charge >= 0.3 is 0 Å². The van der Waals surface area contributed by atoms with Crippen LogP contribution in [0, 0.1) is 6.92 Å². The van der Waals surface area contributed by atoms with E-state index in [4.69, 9.17) is 0 Å². The minimum atomic E-state index is -0.165. The third kappa shape index (κ3) is 2.32. The standard InChI is InChI=1S/C14H11N3OS/c1-9-5-7-10(8-6-9)15-14(18)11-3-2-4-12-13(11)17-19-16-12/h2-8H,1H3,(H,15,18). The summed E-state index contributed by atoms with van der Waals surface area (Å²) >= 11 is 1.11. The first-order valence-corrected chi connectivity index (χ1v) is 6.56. The van der Waals surface area contributed by atoms with Crippen molar-refractivity contribution < 1.29 is 4.79 Å². The molecule has 5 heteroatoms. The van der Waals surface area contributed by atoms with Crippen LogP contribution in [0.1, 0.15) is 15.9 Å². The van der Waals surface area contributed by atoms with E-state index in [9.17, 15) is 4.79 Å². The molecular formula is C14H11N3OS. The number of hydrogen-bond acceptors (Lipinski definition) is 4. The topological polar surface area (TPSA) is 54.9 Å². The fourth-order valence-electron chi connectivity index (χ4n) is 1.82. The second kappa shape index (κ2) is 4.78. The largest absolute Gasteiger partial charge is 0.322 e. The maximum atomic E-state index is 12.2. The van der Waals surface area contributed by atoms with E-state index >= 15 is 0 Å². The van der Waals surface area contributed by atoms with Gasteiger partial charge in [-0.1, -0.05) is 23.8 Å². The van der Waals surface area contributed by atoms with Crippen molar-refractivity contribution in [2.75, 3.05) is 5.32 Å². The quantitative estimate of drug-likeness (QED) is 0.777. The molecule has 0 aliphatic carbocycles. The van der Waals surface area contributed by atoms with Gasteiger partial charge in [0, 0.05) is 5.69 Å². The Morgan fingerprint density at radius 2 is 1.89 bits per heavy atom. The number of hydrogen-bond donors (Lipinski definition) is 1. The molecule has 0 fully saturated rings. The van der Waals surface area contributed by atoms with Gasteiger partial charge in [-0.3, -0.25) is 4.79 Å². The molecule has 0 spiro atoms. The lowest BCUT2D eigenvalue weighted by atomic mass is 10.1. The van der Waals surface area contributed by atoms with Crippen LogP contribution in [0.15, 0.2) is 42.5 Å². The SMILES string of the molecule is Cc1ccc(NC(=O)c2cccc3nsnc23)cc1. The molecule has 1 heterocycles. The predicted octanol–water partition coefficient (Wildman–Crippen LogP) is 3.25. The van der Waals surface area contributed by atoms with E-state index in [0.29, 0.717) is 11.1 Å². The van der Waals surface area contributed by atoms with Gasteiger partial charge < -0.3 is 5.32 Å². The number of carbonyl (C=O) groups excluding carboxylic acids is 1. The van der Waals surface area contributed by atoms with E-state index in [-0.39, 0.29) is 5.91 Å². The highest BCUT2D eigenvalue weighted by Gasteiger charge is 2.12. The number of anilines is 1. The lowest BCUT2D eigenvalue weighted by molar-refractivity contribution is 0.102. The fraction of sp³-hybridized carbons (Fsp3) is 0.0714. The minimum absolute atomic E-state index is 0.165. The first-order valence-electron chi connectivity index (χ1n) is 5.83. The third-order valence-corrected chi connectivity index (χ3v) is 3.38. The smallest absolute Gasteiger partial charge is 0.257 e. The Balaban J connectivity index is 1.92. The summed E-state index contributed by atoms with van der Waals surface area (Å²) in [6.07, 6.45) is 0. The summed E-state index contributed by atoms with van der Waals surface area (Å²) in [4.78, 5) is 12.2. The van der Waals surface area contributed by atoms with E-state index in [1.807, 2.05) is 43.3 Å². The number of benzene rings is 2. The summed E-state index contributed by atoms with van der Waals surface area (Å²) < 4.78 is 8.30. The summed E-state index contributed by atoms with van der Waals surface area (Å²) in [5, 5.41) is 2.87. The van der Waals surface area contributed by atoms with Crippen LogP contribution in [0.4, 0.5) is 5.69 Å². The molecule has 3 rings (SSSR count). The van der Waals surface area contributed by atoms with Gasteiger partial charge in [0.25, 0.3) is 5.91 Å². The van der Waals surface area contributed by atoms with Crippen LogP contribution in [0.3, 0.4) is 0 Å². The van der Waals surface area contributed by atoms with Crippen LogP contribution < -0.4 is 5.32 Å². The molecule has 0 atom stereocenters. The molecule has 0 saturated heterocycles. The number of rotatable bonds is 2. The number of nitrogens with zero attached hydrogens (tertiary/aromatic N) is 2. The molecule has 4 nitrogen and oxygen atoms in total. The van der Waals surface area contributed by atoms with Crippen molar-refractivity contribution in [3.63, 3.8) is 0 Å². The number of nitrogens with one attached hydrogen (secondary N) is 1. The van der Waals surface area contributed by atoms with Gasteiger partial charge in [0.1, 0.15) is 11.0 Å². The minimum Gasteiger partial charge on any atom is -0.322 e. The number of carbonyl (C=O) groups is 1. The fourth-order valence-corrected chi connectivity index (χ4v) is 2.37. The molecule has 0 aliphatic rings. The summed E-state index contributed by atoms with van der Waals surface area (Å²) in [5.74, 6) is -0.165. The second-order valence-electron chi connectivity index (χ2n) is 4.26. The third-order valence-electron chi connectivity index (χ3n) is 2.84. The Morgan fingerprint density at radius 3 is 2.68 bits per heavy atom. The molecule has 2 aromatic carbocycles. The number of aryl methyl sites for hydroxylation is 1. The lowest BCUT2D eigenvalue weighted by Crippen LogP contribution is -2.12. The monoisotopic (exact) mass is 269 g/mol. The summed E-state index contributed by atoms with van der Waals surface area (Å²) in [6.45, 7) is 2.01. The molecule has 94 valence electrons. The number of amides is 1. The van der Waals surface area contributed by atoms with E-state index < -0.39 is 0 Å². The average molecular weight is 269 g/mol. The summed E-state index contributed by atoms with van der Waals surface area (Å²) in [7, 11) is 0. The van der Waals surface area contributed by atoms with Crippen LogP contribution in [0.25, 0.3) is 11.0 Å². The Kier molecular flexibility index (Phi) is 2.97. The van der Waals surface area contributed by atoms with Gasteiger partial charge in [0.15, 0.2) is 0 Å². The predicted molar refractivity (Wildman–Crippen MR) is 76.5 cm³/mol. The highest BCUT2D eigenvalue weighted by atomic mass is 32.1. The van der Waals surface area contributed by atoms with Crippen LogP contribution in [-0.4, -0.2) is 14.7 Å². The maximum Gasteiger partial charge on any atom is 0.257 e. The van der Waals surface area contributed by atoms with E-state index in [1.165, 1.54) is 0 Å². The molecule has 0 bridgehead atoms. The highest BCUT2D eigenvalue weighted by Crippen LogP contribution is 2.18. The van der Waals surface area contributed by atoms with Gasteiger partial charge in [0.05, 0.1) is 17.3 Å². The zero-order valence-corrected chi connectivity index (χ0v) is 11.1. The molecule has 19 heavy (non-hydrogen) atoms. The number of aromatic nitrogens is 2. The van der Waals surface area contributed by atoms with Crippen LogP contribution in [0.5, 0.6) is 0 Å². The molecule has 3 aromatic rings. The van der Waals surface area contributed by atoms with Crippen LogP contribution in [0.2, 0.25) is 0 Å². The highest BCUT2D eigenvalue weighted by molar-refractivity contribution is 7.00. The molecule has 1 aromatic heterocycles. The summed E-state index contributed by atoms with van der Waals surface area (Å²) in [5.41, 5.74) is 3.88. The molecule has 0 aliphatic heterocycles. The Bertz CT molecular complexity index is 734. The average Bonchev–Trinajstić information content (AvgIpc) is 2.89. The normalized spacial score (nSPS) is 10.6. The maximum absolute atomic E-state index is 12.2. The molecule has 0 radical (unpaired) electrons. The van der Waals surface area contributed by atoms with Crippen molar-refractivity contribution in [3.8, 4) is 0 Å². The van der Waals surface area contributed by atoms with E-state index in [0.717, 1.165) is 28.5 Å². The van der Waals surface area contributed by atoms with Gasteiger partial charge in [-0.2, -0.15) is 8.75 Å². The first-order chi connectivity index (χ1) is 9.24.